The summed E-state index contributed by atoms with van der Waals surface area (Å²) >= 11 is 3.51. The van der Waals surface area contributed by atoms with Crippen LogP contribution >= 0.6 is 15.9 Å². The Morgan fingerprint density at radius 1 is 1.39 bits per heavy atom. The molecular formula is C13H18BrNO3. The number of benzene rings is 1. The molecule has 1 aliphatic rings. The molecule has 4 nitrogen and oxygen atoms in total. The zero-order chi connectivity index (χ0) is 13.0. The van der Waals surface area contributed by atoms with E-state index in [4.69, 9.17) is 9.47 Å². The minimum atomic E-state index is -0.339. The maximum absolute atomic E-state index is 9.20. The first kappa shape index (κ1) is 13.6. The molecule has 1 atom stereocenters. The van der Waals surface area contributed by atoms with E-state index in [0.29, 0.717) is 26.3 Å². The summed E-state index contributed by atoms with van der Waals surface area (Å²) < 4.78 is 12.2. The third-order valence-electron chi connectivity index (χ3n) is 2.63. The molecule has 0 radical (unpaired) electrons. The molecule has 0 amide bonds. The standard InChI is InChI=1S/C13H18BrNO3/c1-9(16)7-15-8-10-5-11(14)13-12(6-10)17-3-2-4-18-13/h5-6,9,15-16H,2-4,7-8H2,1H3/t9-/m0/s1. The van der Waals surface area contributed by atoms with Gasteiger partial charge >= 0.3 is 0 Å². The molecule has 0 bridgehead atoms. The first-order valence-corrected chi connectivity index (χ1v) is 6.93. The van der Waals surface area contributed by atoms with Gasteiger partial charge in [0.1, 0.15) is 0 Å². The second-order valence-electron chi connectivity index (χ2n) is 4.44. The zero-order valence-electron chi connectivity index (χ0n) is 10.4. The number of nitrogens with one attached hydrogen (secondary N) is 1. The van der Waals surface area contributed by atoms with Crippen LogP contribution < -0.4 is 14.8 Å². The first-order valence-electron chi connectivity index (χ1n) is 6.13. The molecule has 0 aliphatic carbocycles. The fraction of sp³-hybridized carbons (Fsp3) is 0.538. The molecule has 0 spiro atoms. The minimum absolute atomic E-state index is 0.339. The highest BCUT2D eigenvalue weighted by Crippen LogP contribution is 2.38. The number of aliphatic hydroxyl groups excluding tert-OH is 1. The molecule has 0 saturated carbocycles. The van der Waals surface area contributed by atoms with Crippen molar-refractivity contribution in [2.24, 2.45) is 0 Å². The molecule has 0 unspecified atom stereocenters. The summed E-state index contributed by atoms with van der Waals surface area (Å²) in [5.74, 6) is 1.57. The number of hydrogen-bond donors (Lipinski definition) is 2. The molecule has 1 heterocycles. The summed E-state index contributed by atoms with van der Waals surface area (Å²) in [7, 11) is 0. The van der Waals surface area contributed by atoms with Crippen molar-refractivity contribution >= 4 is 15.9 Å². The predicted octanol–water partition coefficient (Wildman–Crippen LogP) is 2.08. The highest BCUT2D eigenvalue weighted by molar-refractivity contribution is 9.10. The lowest BCUT2D eigenvalue weighted by Crippen LogP contribution is -2.23. The number of fused-ring (bicyclic) bond motifs is 1. The lowest BCUT2D eigenvalue weighted by atomic mass is 10.2. The van der Waals surface area contributed by atoms with E-state index < -0.39 is 0 Å². The van der Waals surface area contributed by atoms with Crippen molar-refractivity contribution in [2.45, 2.75) is 26.0 Å². The molecule has 100 valence electrons. The summed E-state index contributed by atoms with van der Waals surface area (Å²) in [5.41, 5.74) is 1.10. The Labute approximate surface area is 115 Å². The van der Waals surface area contributed by atoms with E-state index in [0.717, 1.165) is 28.0 Å². The molecule has 5 heteroatoms. The van der Waals surface area contributed by atoms with Crippen LogP contribution in [0.25, 0.3) is 0 Å². The van der Waals surface area contributed by atoms with Crippen LogP contribution in [0.4, 0.5) is 0 Å². The van der Waals surface area contributed by atoms with Gasteiger partial charge in [0.25, 0.3) is 0 Å². The molecule has 0 fully saturated rings. The van der Waals surface area contributed by atoms with Gasteiger partial charge in [0.2, 0.25) is 0 Å². The smallest absolute Gasteiger partial charge is 0.175 e. The van der Waals surface area contributed by atoms with Crippen LogP contribution in [0.5, 0.6) is 11.5 Å². The van der Waals surface area contributed by atoms with E-state index in [2.05, 4.69) is 21.2 Å². The van der Waals surface area contributed by atoms with Crippen LogP contribution in [0.2, 0.25) is 0 Å². The van der Waals surface area contributed by atoms with Crippen LogP contribution in [0.1, 0.15) is 18.9 Å². The monoisotopic (exact) mass is 315 g/mol. The van der Waals surface area contributed by atoms with Gasteiger partial charge in [-0.1, -0.05) is 0 Å². The van der Waals surface area contributed by atoms with Crippen LogP contribution in [0.15, 0.2) is 16.6 Å². The topological polar surface area (TPSA) is 50.7 Å². The third-order valence-corrected chi connectivity index (χ3v) is 3.22. The Morgan fingerprint density at radius 3 is 2.94 bits per heavy atom. The highest BCUT2D eigenvalue weighted by Gasteiger charge is 2.15. The highest BCUT2D eigenvalue weighted by atomic mass is 79.9. The van der Waals surface area contributed by atoms with E-state index in [-0.39, 0.29) is 6.10 Å². The van der Waals surface area contributed by atoms with Gasteiger partial charge in [-0.2, -0.15) is 0 Å². The van der Waals surface area contributed by atoms with Crippen molar-refractivity contribution in [1.29, 1.82) is 0 Å². The number of halogens is 1. The van der Waals surface area contributed by atoms with Gasteiger partial charge in [0.15, 0.2) is 11.5 Å². The van der Waals surface area contributed by atoms with Crippen LogP contribution in [-0.2, 0) is 6.54 Å². The summed E-state index contributed by atoms with van der Waals surface area (Å²) in [6.07, 6.45) is 0.561. The normalized spacial score (nSPS) is 16.2. The van der Waals surface area contributed by atoms with E-state index in [9.17, 15) is 5.11 Å². The van der Waals surface area contributed by atoms with Crippen LogP contribution in [0.3, 0.4) is 0 Å². The van der Waals surface area contributed by atoms with E-state index in [1.54, 1.807) is 6.92 Å². The Kier molecular flexibility index (Phi) is 4.86. The number of ether oxygens (including phenoxy) is 2. The Balaban J connectivity index is 2.08. The van der Waals surface area contributed by atoms with Crippen molar-refractivity contribution in [3.63, 3.8) is 0 Å². The van der Waals surface area contributed by atoms with Crippen molar-refractivity contribution in [1.82, 2.24) is 5.32 Å². The third kappa shape index (κ3) is 3.60. The Bertz CT molecular complexity index is 409. The molecule has 0 saturated heterocycles. The summed E-state index contributed by atoms with van der Waals surface area (Å²) in [4.78, 5) is 0. The van der Waals surface area contributed by atoms with Gasteiger partial charge in [-0.05, 0) is 40.5 Å². The van der Waals surface area contributed by atoms with Gasteiger partial charge in [-0.3, -0.25) is 0 Å². The summed E-state index contributed by atoms with van der Waals surface area (Å²) in [6.45, 7) is 4.40. The Hall–Kier alpha value is -0.780. The van der Waals surface area contributed by atoms with Gasteiger partial charge in [-0.25, -0.2) is 0 Å². The number of rotatable bonds is 4. The molecular weight excluding hydrogens is 298 g/mol. The van der Waals surface area contributed by atoms with E-state index in [1.807, 2.05) is 12.1 Å². The van der Waals surface area contributed by atoms with Crippen molar-refractivity contribution in [2.75, 3.05) is 19.8 Å². The quantitative estimate of drug-likeness (QED) is 0.893. The van der Waals surface area contributed by atoms with Crippen LogP contribution in [-0.4, -0.2) is 31.0 Å². The first-order chi connectivity index (χ1) is 8.66. The number of aliphatic hydroxyl groups is 1. The lowest BCUT2D eigenvalue weighted by Gasteiger charge is -2.12. The van der Waals surface area contributed by atoms with Crippen molar-refractivity contribution in [3.05, 3.63) is 22.2 Å². The number of hydrogen-bond acceptors (Lipinski definition) is 4. The summed E-state index contributed by atoms with van der Waals surface area (Å²) in [5, 5.41) is 12.4. The summed E-state index contributed by atoms with van der Waals surface area (Å²) in [6, 6.07) is 4.00. The van der Waals surface area contributed by atoms with Crippen molar-refractivity contribution < 1.29 is 14.6 Å². The minimum Gasteiger partial charge on any atom is -0.490 e. The zero-order valence-corrected chi connectivity index (χ0v) is 12.0. The second-order valence-corrected chi connectivity index (χ2v) is 5.29. The maximum atomic E-state index is 9.20. The average molecular weight is 316 g/mol. The van der Waals surface area contributed by atoms with Crippen molar-refractivity contribution in [3.8, 4) is 11.5 Å². The SMILES string of the molecule is C[C@H](O)CNCc1cc(Br)c2c(c1)OCCCO2. The fourth-order valence-corrected chi connectivity index (χ4v) is 2.42. The predicted molar refractivity (Wildman–Crippen MR) is 73.1 cm³/mol. The van der Waals surface area contributed by atoms with Crippen LogP contribution in [0, 0.1) is 0 Å². The second kappa shape index (κ2) is 6.41. The van der Waals surface area contributed by atoms with Gasteiger partial charge in [-0.15, -0.1) is 0 Å². The average Bonchev–Trinajstić information content (AvgIpc) is 2.54. The fourth-order valence-electron chi connectivity index (χ4n) is 1.81. The molecule has 1 aromatic carbocycles. The molecule has 18 heavy (non-hydrogen) atoms. The molecule has 1 aromatic rings. The van der Waals surface area contributed by atoms with Gasteiger partial charge < -0.3 is 19.9 Å². The molecule has 0 aromatic heterocycles. The molecule has 2 rings (SSSR count). The molecule has 2 N–H and O–H groups in total. The lowest BCUT2D eigenvalue weighted by molar-refractivity contribution is 0.191. The Morgan fingerprint density at radius 2 is 2.17 bits per heavy atom. The largest absolute Gasteiger partial charge is 0.490 e. The maximum Gasteiger partial charge on any atom is 0.175 e. The van der Waals surface area contributed by atoms with Gasteiger partial charge in [0, 0.05) is 19.5 Å². The molecule has 1 aliphatic heterocycles. The van der Waals surface area contributed by atoms with E-state index in [1.165, 1.54) is 0 Å². The van der Waals surface area contributed by atoms with Gasteiger partial charge in [0.05, 0.1) is 23.8 Å². The van der Waals surface area contributed by atoms with E-state index >= 15 is 0 Å².